The van der Waals surface area contributed by atoms with E-state index in [0.717, 1.165) is 11.4 Å². The van der Waals surface area contributed by atoms with E-state index in [1.165, 1.54) is 7.11 Å². The number of ether oxygens (including phenoxy) is 1. The van der Waals surface area contributed by atoms with E-state index in [9.17, 15) is 9.90 Å². The largest absolute Gasteiger partial charge is 0.469 e. The Hall–Kier alpha value is -2.33. The number of rotatable bonds is 5. The normalized spacial score (nSPS) is 13.3. The molecule has 0 aliphatic rings. The monoisotopic (exact) mass is 285 g/mol. The van der Waals surface area contributed by atoms with Crippen molar-refractivity contribution in [1.29, 1.82) is 0 Å². The van der Waals surface area contributed by atoms with Crippen LogP contribution in [0.15, 0.2) is 54.6 Å². The van der Waals surface area contributed by atoms with Gasteiger partial charge in [-0.3, -0.25) is 4.79 Å². The molecule has 4 nitrogen and oxygen atoms in total. The van der Waals surface area contributed by atoms with Gasteiger partial charge in [0.05, 0.1) is 19.1 Å². The van der Waals surface area contributed by atoms with Gasteiger partial charge < -0.3 is 15.2 Å². The van der Waals surface area contributed by atoms with Gasteiger partial charge in [-0.1, -0.05) is 30.3 Å². The first-order chi connectivity index (χ1) is 10.1. The highest BCUT2D eigenvalue weighted by Gasteiger charge is 2.23. The lowest BCUT2D eigenvalue weighted by Gasteiger charge is -2.17. The molecule has 2 aromatic rings. The molecule has 4 heteroatoms. The van der Waals surface area contributed by atoms with Gasteiger partial charge in [-0.05, 0) is 36.8 Å². The van der Waals surface area contributed by atoms with Crippen molar-refractivity contribution in [2.24, 2.45) is 5.92 Å². The van der Waals surface area contributed by atoms with Crippen molar-refractivity contribution in [3.63, 3.8) is 0 Å². The summed E-state index contributed by atoms with van der Waals surface area (Å²) in [6, 6.07) is 17.2. The van der Waals surface area contributed by atoms with Crippen molar-refractivity contribution in [1.82, 2.24) is 0 Å². The highest BCUT2D eigenvalue weighted by molar-refractivity contribution is 5.72. The zero-order valence-electron chi connectivity index (χ0n) is 12.1. The fraction of sp³-hybridized carbons (Fsp3) is 0.235. The lowest BCUT2D eigenvalue weighted by molar-refractivity contribution is -0.148. The summed E-state index contributed by atoms with van der Waals surface area (Å²) in [5.74, 6) is -1.02. The summed E-state index contributed by atoms with van der Waals surface area (Å²) in [4.78, 5) is 11.4. The molecule has 0 aliphatic carbocycles. The molecule has 21 heavy (non-hydrogen) atoms. The van der Waals surface area contributed by atoms with Crippen LogP contribution in [0, 0.1) is 5.92 Å². The summed E-state index contributed by atoms with van der Waals surface area (Å²) in [5.41, 5.74) is 2.60. The van der Waals surface area contributed by atoms with Crippen LogP contribution in [0.1, 0.15) is 18.6 Å². The number of carbonyl (C=O) groups is 1. The van der Waals surface area contributed by atoms with Gasteiger partial charge in [-0.2, -0.15) is 0 Å². The molecule has 0 bridgehead atoms. The van der Waals surface area contributed by atoms with Crippen molar-refractivity contribution in [2.45, 2.75) is 13.0 Å². The molecule has 2 aromatic carbocycles. The third-order valence-electron chi connectivity index (χ3n) is 3.36. The smallest absolute Gasteiger partial charge is 0.311 e. The van der Waals surface area contributed by atoms with Crippen LogP contribution >= 0.6 is 0 Å². The second-order valence-corrected chi connectivity index (χ2v) is 4.87. The van der Waals surface area contributed by atoms with Gasteiger partial charge in [0.15, 0.2) is 0 Å². The number of hydrogen-bond donors (Lipinski definition) is 2. The minimum absolute atomic E-state index is 0.422. The number of para-hydroxylation sites is 1. The molecule has 0 amide bonds. The Labute approximate surface area is 124 Å². The van der Waals surface area contributed by atoms with E-state index in [1.54, 1.807) is 19.1 Å². The van der Waals surface area contributed by atoms with Gasteiger partial charge in [-0.15, -0.1) is 0 Å². The molecule has 0 aromatic heterocycles. The van der Waals surface area contributed by atoms with Crippen LogP contribution in [0.25, 0.3) is 0 Å². The SMILES string of the molecule is COC(=O)[C@@H](C)[C@@H](O)c1ccc(Nc2ccccc2)cc1. The summed E-state index contributed by atoms with van der Waals surface area (Å²) in [7, 11) is 1.32. The summed E-state index contributed by atoms with van der Waals surface area (Å²) in [6.07, 6.45) is -0.872. The van der Waals surface area contributed by atoms with Crippen molar-refractivity contribution in [2.75, 3.05) is 12.4 Å². The van der Waals surface area contributed by atoms with Gasteiger partial charge in [-0.25, -0.2) is 0 Å². The van der Waals surface area contributed by atoms with Crippen molar-refractivity contribution in [3.05, 3.63) is 60.2 Å². The molecule has 0 saturated carbocycles. The maximum atomic E-state index is 11.4. The Bertz CT molecular complexity index is 581. The molecule has 0 radical (unpaired) electrons. The molecule has 110 valence electrons. The molecular weight excluding hydrogens is 266 g/mol. The first kappa shape index (κ1) is 15.1. The minimum Gasteiger partial charge on any atom is -0.469 e. The van der Waals surface area contributed by atoms with Gasteiger partial charge in [0, 0.05) is 11.4 Å². The second kappa shape index (κ2) is 6.90. The van der Waals surface area contributed by atoms with Crippen LogP contribution in [0.2, 0.25) is 0 Å². The second-order valence-electron chi connectivity index (χ2n) is 4.87. The minimum atomic E-state index is -0.872. The van der Waals surface area contributed by atoms with Crippen molar-refractivity contribution >= 4 is 17.3 Å². The summed E-state index contributed by atoms with van der Waals surface area (Å²) in [6.45, 7) is 1.65. The molecule has 2 N–H and O–H groups in total. The molecule has 0 saturated heterocycles. The van der Waals surface area contributed by atoms with Gasteiger partial charge in [0.1, 0.15) is 0 Å². The fourth-order valence-electron chi connectivity index (χ4n) is 2.06. The van der Waals surface area contributed by atoms with Crippen LogP contribution in [0.4, 0.5) is 11.4 Å². The molecule has 0 aliphatic heterocycles. The Morgan fingerprint density at radius 3 is 2.19 bits per heavy atom. The molecule has 0 unspecified atom stereocenters. The maximum absolute atomic E-state index is 11.4. The standard InChI is InChI=1S/C17H19NO3/c1-12(17(20)21-2)16(19)13-8-10-15(11-9-13)18-14-6-4-3-5-7-14/h3-12,16,18-19H,1-2H3/t12-,16+/m0/s1. The van der Waals surface area contributed by atoms with E-state index < -0.39 is 18.0 Å². The zero-order chi connectivity index (χ0) is 15.2. The lowest BCUT2D eigenvalue weighted by Crippen LogP contribution is -2.20. The van der Waals surface area contributed by atoms with E-state index in [4.69, 9.17) is 0 Å². The van der Waals surface area contributed by atoms with Crippen LogP contribution < -0.4 is 5.32 Å². The molecule has 0 heterocycles. The molecule has 0 fully saturated rings. The summed E-state index contributed by atoms with van der Waals surface area (Å²) >= 11 is 0. The maximum Gasteiger partial charge on any atom is 0.311 e. The lowest BCUT2D eigenvalue weighted by atomic mass is 9.97. The predicted octanol–water partition coefficient (Wildman–Crippen LogP) is 3.27. The van der Waals surface area contributed by atoms with Crippen LogP contribution in [0.5, 0.6) is 0 Å². The first-order valence-corrected chi connectivity index (χ1v) is 6.79. The number of anilines is 2. The van der Waals surface area contributed by atoms with Crippen molar-refractivity contribution in [3.8, 4) is 0 Å². The average Bonchev–Trinajstić information content (AvgIpc) is 2.54. The van der Waals surface area contributed by atoms with E-state index in [2.05, 4.69) is 10.1 Å². The van der Waals surface area contributed by atoms with E-state index >= 15 is 0 Å². The quantitative estimate of drug-likeness (QED) is 0.828. The highest BCUT2D eigenvalue weighted by Crippen LogP contribution is 2.25. The first-order valence-electron chi connectivity index (χ1n) is 6.79. The van der Waals surface area contributed by atoms with E-state index in [0.29, 0.717) is 5.56 Å². The molecule has 2 rings (SSSR count). The number of nitrogens with one attached hydrogen (secondary N) is 1. The number of carbonyl (C=O) groups excluding carboxylic acids is 1. The summed E-state index contributed by atoms with van der Waals surface area (Å²) < 4.78 is 4.65. The third-order valence-corrected chi connectivity index (χ3v) is 3.36. The Kier molecular flexibility index (Phi) is 4.95. The number of aliphatic hydroxyl groups is 1. The number of hydrogen-bond acceptors (Lipinski definition) is 4. The van der Waals surface area contributed by atoms with Gasteiger partial charge in [0.25, 0.3) is 0 Å². The van der Waals surface area contributed by atoms with Crippen LogP contribution in [0.3, 0.4) is 0 Å². The number of esters is 1. The molecule has 2 atom stereocenters. The van der Waals surface area contributed by atoms with E-state index in [-0.39, 0.29) is 0 Å². The number of methoxy groups -OCH3 is 1. The average molecular weight is 285 g/mol. The number of benzene rings is 2. The third kappa shape index (κ3) is 3.83. The summed E-state index contributed by atoms with van der Waals surface area (Å²) in [5, 5.41) is 13.4. The highest BCUT2D eigenvalue weighted by atomic mass is 16.5. The number of aliphatic hydroxyl groups excluding tert-OH is 1. The molecule has 0 spiro atoms. The Morgan fingerprint density at radius 1 is 1.05 bits per heavy atom. The van der Waals surface area contributed by atoms with Gasteiger partial charge >= 0.3 is 5.97 Å². The van der Waals surface area contributed by atoms with Crippen molar-refractivity contribution < 1.29 is 14.6 Å². The van der Waals surface area contributed by atoms with E-state index in [1.807, 2.05) is 42.5 Å². The topological polar surface area (TPSA) is 58.6 Å². The fourth-order valence-corrected chi connectivity index (χ4v) is 2.06. The van der Waals surface area contributed by atoms with Gasteiger partial charge in [0.2, 0.25) is 0 Å². The predicted molar refractivity (Wildman–Crippen MR) is 82.3 cm³/mol. The molecular formula is C17H19NO3. The zero-order valence-corrected chi connectivity index (χ0v) is 12.1. The van der Waals surface area contributed by atoms with Crippen LogP contribution in [-0.2, 0) is 9.53 Å². The Morgan fingerprint density at radius 2 is 1.62 bits per heavy atom. The Balaban J connectivity index is 2.06. The van der Waals surface area contributed by atoms with Crippen LogP contribution in [-0.4, -0.2) is 18.2 Å².